The summed E-state index contributed by atoms with van der Waals surface area (Å²) in [6.07, 6.45) is 9.29. The summed E-state index contributed by atoms with van der Waals surface area (Å²) in [5, 5.41) is 11.3. The second-order valence-corrected chi connectivity index (χ2v) is 7.99. The predicted molar refractivity (Wildman–Crippen MR) is 83.2 cm³/mol. The van der Waals surface area contributed by atoms with Crippen molar-refractivity contribution in [2.75, 3.05) is 0 Å². The van der Waals surface area contributed by atoms with Gasteiger partial charge in [-0.2, -0.15) is 0 Å². The summed E-state index contributed by atoms with van der Waals surface area (Å²) in [7, 11) is 0. The molecule has 4 rings (SSSR count). The summed E-state index contributed by atoms with van der Waals surface area (Å²) in [6.45, 7) is 2.17. The lowest BCUT2D eigenvalue weighted by atomic mass is 9.50. The molecule has 5 atom stereocenters. The normalized spacial score (nSPS) is 47.5. The van der Waals surface area contributed by atoms with Gasteiger partial charge in [0, 0.05) is 18.3 Å². The summed E-state index contributed by atoms with van der Waals surface area (Å²) < 4.78 is 0. The van der Waals surface area contributed by atoms with E-state index in [4.69, 9.17) is 0 Å². The van der Waals surface area contributed by atoms with Gasteiger partial charge in [-0.15, -0.1) is 0 Å². The molecule has 3 fully saturated rings. The average molecular weight is 302 g/mol. The van der Waals surface area contributed by atoms with Crippen LogP contribution >= 0.6 is 0 Å². The van der Waals surface area contributed by atoms with Crippen LogP contribution in [0.4, 0.5) is 0 Å². The molecule has 0 aliphatic heterocycles. The molecule has 4 aliphatic rings. The van der Waals surface area contributed by atoms with Gasteiger partial charge in [0.2, 0.25) is 0 Å². The molecule has 0 radical (unpaired) electrons. The third kappa shape index (κ3) is 1.72. The SMILES string of the molecule is CC[C@]12CC[C@H]3[C@@H](CCC4=CC(=O)CC[C@@]43O)[C@@H]1CCC2=O. The Hall–Kier alpha value is -0.960. The van der Waals surface area contributed by atoms with Crippen LogP contribution < -0.4 is 0 Å². The van der Waals surface area contributed by atoms with Crippen LogP contribution in [0, 0.1) is 23.2 Å². The van der Waals surface area contributed by atoms with Crippen LogP contribution in [-0.4, -0.2) is 22.3 Å². The Kier molecular flexibility index (Phi) is 3.17. The zero-order chi connectivity index (χ0) is 15.5. The smallest absolute Gasteiger partial charge is 0.155 e. The van der Waals surface area contributed by atoms with Gasteiger partial charge < -0.3 is 5.11 Å². The highest BCUT2D eigenvalue weighted by molar-refractivity contribution is 5.92. The first-order valence-electron chi connectivity index (χ1n) is 9.01. The zero-order valence-corrected chi connectivity index (χ0v) is 13.4. The number of carbonyl (C=O) groups excluding carboxylic acids is 2. The number of aliphatic hydroxyl groups is 1. The van der Waals surface area contributed by atoms with Crippen LogP contribution in [0.2, 0.25) is 0 Å². The van der Waals surface area contributed by atoms with Crippen LogP contribution in [0.3, 0.4) is 0 Å². The van der Waals surface area contributed by atoms with Crippen molar-refractivity contribution in [3.63, 3.8) is 0 Å². The lowest BCUT2D eigenvalue weighted by Gasteiger charge is -2.56. The van der Waals surface area contributed by atoms with Crippen molar-refractivity contribution in [2.24, 2.45) is 23.2 Å². The highest BCUT2D eigenvalue weighted by Gasteiger charge is 2.60. The van der Waals surface area contributed by atoms with E-state index in [1.807, 2.05) is 0 Å². The summed E-state index contributed by atoms with van der Waals surface area (Å²) in [6, 6.07) is 0. The largest absolute Gasteiger partial charge is 0.385 e. The van der Waals surface area contributed by atoms with Gasteiger partial charge >= 0.3 is 0 Å². The van der Waals surface area contributed by atoms with E-state index in [1.54, 1.807) is 6.08 Å². The molecule has 0 bridgehead atoms. The van der Waals surface area contributed by atoms with Crippen LogP contribution in [0.5, 0.6) is 0 Å². The monoisotopic (exact) mass is 302 g/mol. The Morgan fingerprint density at radius 1 is 1.09 bits per heavy atom. The van der Waals surface area contributed by atoms with Gasteiger partial charge in [-0.3, -0.25) is 9.59 Å². The maximum atomic E-state index is 12.5. The fourth-order valence-electron chi connectivity index (χ4n) is 6.41. The Labute approximate surface area is 132 Å². The standard InChI is InChI=1S/C19H26O3/c1-2-18-9-8-16-14(15(18)5-6-17(18)21)4-3-12-11-13(20)7-10-19(12,16)22/h11,14-16,22H,2-10H2,1H3/t14-,15-,16-,18-,19+/m0/s1. The second-order valence-electron chi connectivity index (χ2n) is 7.99. The molecule has 22 heavy (non-hydrogen) atoms. The third-order valence-electron chi connectivity index (χ3n) is 7.52. The van der Waals surface area contributed by atoms with E-state index in [9.17, 15) is 14.7 Å². The third-order valence-corrected chi connectivity index (χ3v) is 7.52. The summed E-state index contributed by atoms with van der Waals surface area (Å²) >= 11 is 0. The van der Waals surface area contributed by atoms with Crippen LogP contribution in [0.1, 0.15) is 64.7 Å². The van der Waals surface area contributed by atoms with Crippen molar-refractivity contribution in [3.05, 3.63) is 11.6 Å². The fraction of sp³-hybridized carbons (Fsp3) is 0.789. The van der Waals surface area contributed by atoms with E-state index in [-0.39, 0.29) is 17.1 Å². The summed E-state index contributed by atoms with van der Waals surface area (Å²) in [4.78, 5) is 24.2. The molecule has 3 saturated carbocycles. The lowest BCUT2D eigenvalue weighted by Crippen LogP contribution is -2.55. The van der Waals surface area contributed by atoms with Gasteiger partial charge in [0.05, 0.1) is 5.60 Å². The summed E-state index contributed by atoms with van der Waals surface area (Å²) in [5.74, 6) is 1.84. The Balaban J connectivity index is 1.70. The molecular formula is C19H26O3. The van der Waals surface area contributed by atoms with E-state index >= 15 is 0 Å². The second kappa shape index (κ2) is 4.77. The van der Waals surface area contributed by atoms with Gasteiger partial charge in [0.1, 0.15) is 5.78 Å². The van der Waals surface area contributed by atoms with Crippen molar-refractivity contribution in [1.82, 2.24) is 0 Å². The molecule has 0 amide bonds. The number of hydrogen-bond acceptors (Lipinski definition) is 3. The number of rotatable bonds is 1. The summed E-state index contributed by atoms with van der Waals surface area (Å²) in [5.41, 5.74) is 0.129. The number of fused-ring (bicyclic) bond motifs is 5. The van der Waals surface area contributed by atoms with Gasteiger partial charge in [0.15, 0.2) is 5.78 Å². The Bertz CT molecular complexity index is 563. The van der Waals surface area contributed by atoms with E-state index in [1.165, 1.54) is 0 Å². The fourth-order valence-corrected chi connectivity index (χ4v) is 6.41. The predicted octanol–water partition coefficient (Wildman–Crippen LogP) is 3.20. The minimum absolute atomic E-state index is 0.0940. The van der Waals surface area contributed by atoms with Crippen molar-refractivity contribution in [3.8, 4) is 0 Å². The van der Waals surface area contributed by atoms with E-state index in [2.05, 4.69) is 6.92 Å². The van der Waals surface area contributed by atoms with Crippen molar-refractivity contribution >= 4 is 11.6 Å². The van der Waals surface area contributed by atoms with Gasteiger partial charge in [-0.25, -0.2) is 0 Å². The minimum Gasteiger partial charge on any atom is -0.385 e. The molecule has 0 aromatic rings. The lowest BCUT2D eigenvalue weighted by molar-refractivity contribution is -0.141. The zero-order valence-electron chi connectivity index (χ0n) is 13.4. The first-order chi connectivity index (χ1) is 10.5. The molecular weight excluding hydrogens is 276 g/mol. The maximum absolute atomic E-state index is 12.5. The highest BCUT2D eigenvalue weighted by atomic mass is 16.3. The molecule has 3 heteroatoms. The van der Waals surface area contributed by atoms with E-state index in [0.717, 1.165) is 50.5 Å². The molecule has 0 aromatic carbocycles. The van der Waals surface area contributed by atoms with Gasteiger partial charge in [-0.05, 0) is 74.3 Å². The van der Waals surface area contributed by atoms with Crippen LogP contribution in [0.25, 0.3) is 0 Å². The number of hydrogen-bond donors (Lipinski definition) is 1. The molecule has 120 valence electrons. The molecule has 0 aromatic heterocycles. The number of ketones is 2. The van der Waals surface area contributed by atoms with Crippen LogP contribution in [-0.2, 0) is 9.59 Å². The molecule has 0 unspecified atom stereocenters. The maximum Gasteiger partial charge on any atom is 0.155 e. The number of Topliss-reactive ketones (excluding diaryl/α,β-unsaturated/α-hetero) is 1. The Morgan fingerprint density at radius 3 is 2.68 bits per heavy atom. The number of carbonyl (C=O) groups is 2. The van der Waals surface area contributed by atoms with Crippen LogP contribution in [0.15, 0.2) is 11.6 Å². The van der Waals surface area contributed by atoms with Crippen molar-refractivity contribution in [2.45, 2.75) is 70.3 Å². The molecule has 4 aliphatic carbocycles. The van der Waals surface area contributed by atoms with Gasteiger partial charge in [0.25, 0.3) is 0 Å². The minimum atomic E-state index is -0.762. The average Bonchev–Trinajstić information content (AvgIpc) is 2.86. The molecule has 0 heterocycles. The first-order valence-corrected chi connectivity index (χ1v) is 9.01. The quantitative estimate of drug-likeness (QED) is 0.809. The topological polar surface area (TPSA) is 54.4 Å². The van der Waals surface area contributed by atoms with E-state index < -0.39 is 5.60 Å². The molecule has 0 saturated heterocycles. The van der Waals surface area contributed by atoms with Crippen molar-refractivity contribution in [1.29, 1.82) is 0 Å². The van der Waals surface area contributed by atoms with Crippen molar-refractivity contribution < 1.29 is 14.7 Å². The molecule has 3 nitrogen and oxygen atoms in total. The van der Waals surface area contributed by atoms with Gasteiger partial charge in [-0.1, -0.05) is 6.92 Å². The molecule has 0 spiro atoms. The molecule has 1 N–H and O–H groups in total. The van der Waals surface area contributed by atoms with E-state index in [0.29, 0.717) is 30.5 Å². The Morgan fingerprint density at radius 2 is 1.91 bits per heavy atom. The highest BCUT2D eigenvalue weighted by Crippen LogP contribution is 2.62. The first kappa shape index (κ1) is 14.6.